The minimum Gasteiger partial charge on any atom is -0.484 e. The van der Waals surface area contributed by atoms with Gasteiger partial charge in [0, 0.05) is 26.2 Å². The van der Waals surface area contributed by atoms with Gasteiger partial charge in [0.15, 0.2) is 6.61 Å². The van der Waals surface area contributed by atoms with E-state index >= 15 is 0 Å². The van der Waals surface area contributed by atoms with E-state index in [1.807, 2.05) is 32.0 Å². The number of nitrogens with zero attached hydrogens (tertiary/aromatic N) is 2. The van der Waals surface area contributed by atoms with Crippen LogP contribution in [0.3, 0.4) is 0 Å². The van der Waals surface area contributed by atoms with E-state index in [9.17, 15) is 13.2 Å². The van der Waals surface area contributed by atoms with Crippen LogP contribution in [0, 0.1) is 13.8 Å². The minimum absolute atomic E-state index is 0.0250. The molecule has 0 bridgehead atoms. The molecule has 1 aromatic rings. The summed E-state index contributed by atoms with van der Waals surface area (Å²) in [5.41, 5.74) is 2.14. The molecule has 7 heteroatoms. The van der Waals surface area contributed by atoms with Crippen molar-refractivity contribution in [2.75, 3.05) is 39.0 Å². The van der Waals surface area contributed by atoms with Crippen molar-refractivity contribution < 1.29 is 17.9 Å². The van der Waals surface area contributed by atoms with Crippen LogP contribution in [-0.4, -0.2) is 62.6 Å². The molecule has 0 unspecified atom stereocenters. The molecule has 0 aromatic heterocycles. The average Bonchev–Trinajstić information content (AvgIpc) is 2.45. The molecule has 0 N–H and O–H groups in total. The van der Waals surface area contributed by atoms with Gasteiger partial charge in [-0.3, -0.25) is 4.79 Å². The average molecular weight is 326 g/mol. The zero-order chi connectivity index (χ0) is 16.3. The Hall–Kier alpha value is -1.60. The quantitative estimate of drug-likeness (QED) is 0.820. The summed E-state index contributed by atoms with van der Waals surface area (Å²) in [5.74, 6) is 0.585. The maximum absolute atomic E-state index is 12.1. The Morgan fingerprint density at radius 2 is 1.82 bits per heavy atom. The van der Waals surface area contributed by atoms with Gasteiger partial charge in [-0.2, -0.15) is 4.31 Å². The van der Waals surface area contributed by atoms with E-state index < -0.39 is 10.0 Å². The molecule has 0 aliphatic carbocycles. The van der Waals surface area contributed by atoms with Gasteiger partial charge in [0.05, 0.1) is 6.26 Å². The van der Waals surface area contributed by atoms with Gasteiger partial charge < -0.3 is 9.64 Å². The van der Waals surface area contributed by atoms with Gasteiger partial charge in [-0.25, -0.2) is 8.42 Å². The van der Waals surface area contributed by atoms with Crippen LogP contribution in [0.15, 0.2) is 18.2 Å². The van der Waals surface area contributed by atoms with E-state index in [0.29, 0.717) is 31.9 Å². The molecule has 122 valence electrons. The molecule has 0 saturated carbocycles. The minimum atomic E-state index is -3.18. The number of rotatable bonds is 4. The summed E-state index contributed by atoms with van der Waals surface area (Å²) in [6, 6.07) is 5.81. The number of aryl methyl sites for hydroxylation is 2. The molecular formula is C15H22N2O4S. The van der Waals surface area contributed by atoms with Gasteiger partial charge >= 0.3 is 0 Å². The second-order valence-electron chi connectivity index (χ2n) is 5.60. The first kappa shape index (κ1) is 16.8. The summed E-state index contributed by atoms with van der Waals surface area (Å²) in [6.07, 6.45) is 1.19. The van der Waals surface area contributed by atoms with Crippen LogP contribution in [0.25, 0.3) is 0 Å². The Kier molecular flexibility index (Phi) is 5.08. The summed E-state index contributed by atoms with van der Waals surface area (Å²) in [5, 5.41) is 0. The predicted octanol–water partition coefficient (Wildman–Crippen LogP) is 0.786. The van der Waals surface area contributed by atoms with Crippen molar-refractivity contribution >= 4 is 15.9 Å². The van der Waals surface area contributed by atoms with Crippen molar-refractivity contribution in [3.05, 3.63) is 29.3 Å². The number of carbonyl (C=O) groups excluding carboxylic acids is 1. The largest absolute Gasteiger partial charge is 0.484 e. The Morgan fingerprint density at radius 3 is 2.36 bits per heavy atom. The molecule has 0 radical (unpaired) electrons. The lowest BCUT2D eigenvalue weighted by Crippen LogP contribution is -2.51. The van der Waals surface area contributed by atoms with Gasteiger partial charge in [0.25, 0.3) is 5.91 Å². The lowest BCUT2D eigenvalue weighted by Gasteiger charge is -2.33. The molecule has 0 atom stereocenters. The third-order valence-electron chi connectivity index (χ3n) is 3.74. The molecule has 1 aromatic carbocycles. The molecule has 1 aliphatic heterocycles. The van der Waals surface area contributed by atoms with Crippen LogP contribution < -0.4 is 4.74 Å². The highest BCUT2D eigenvalue weighted by atomic mass is 32.2. The molecule has 22 heavy (non-hydrogen) atoms. The van der Waals surface area contributed by atoms with Crippen molar-refractivity contribution in [2.24, 2.45) is 0 Å². The summed E-state index contributed by atoms with van der Waals surface area (Å²) in [4.78, 5) is 13.8. The fourth-order valence-electron chi connectivity index (χ4n) is 2.46. The fraction of sp³-hybridized carbons (Fsp3) is 0.533. The highest BCUT2D eigenvalue weighted by Crippen LogP contribution is 2.18. The van der Waals surface area contributed by atoms with E-state index in [4.69, 9.17) is 4.74 Å². The van der Waals surface area contributed by atoms with E-state index in [-0.39, 0.29) is 12.5 Å². The molecule has 1 aliphatic rings. The van der Waals surface area contributed by atoms with Crippen molar-refractivity contribution in [3.8, 4) is 5.75 Å². The first-order chi connectivity index (χ1) is 10.3. The predicted molar refractivity (Wildman–Crippen MR) is 84.4 cm³/mol. The molecule has 1 amide bonds. The Labute approximate surface area is 131 Å². The number of hydrogen-bond donors (Lipinski definition) is 0. The van der Waals surface area contributed by atoms with Crippen molar-refractivity contribution in [1.82, 2.24) is 9.21 Å². The highest BCUT2D eigenvalue weighted by molar-refractivity contribution is 7.88. The summed E-state index contributed by atoms with van der Waals surface area (Å²) in [7, 11) is -3.18. The van der Waals surface area contributed by atoms with Crippen molar-refractivity contribution in [2.45, 2.75) is 13.8 Å². The van der Waals surface area contributed by atoms with Crippen molar-refractivity contribution in [3.63, 3.8) is 0 Å². The molecule has 1 fully saturated rings. The highest BCUT2D eigenvalue weighted by Gasteiger charge is 2.26. The Bertz CT molecular complexity index is 650. The molecule has 0 spiro atoms. The lowest BCUT2D eigenvalue weighted by atomic mass is 10.1. The monoisotopic (exact) mass is 326 g/mol. The maximum Gasteiger partial charge on any atom is 0.260 e. The molecule has 2 rings (SSSR count). The topological polar surface area (TPSA) is 66.9 Å². The van der Waals surface area contributed by atoms with E-state index in [1.165, 1.54) is 10.6 Å². The van der Waals surface area contributed by atoms with E-state index in [2.05, 4.69) is 0 Å². The lowest BCUT2D eigenvalue weighted by molar-refractivity contribution is -0.134. The van der Waals surface area contributed by atoms with E-state index in [0.717, 1.165) is 11.1 Å². The molecule has 1 saturated heterocycles. The number of carbonyl (C=O) groups is 1. The number of ether oxygens (including phenoxy) is 1. The number of sulfonamides is 1. The SMILES string of the molecule is Cc1ccc(OCC(=O)N2CCN(S(C)(=O)=O)CC2)c(C)c1. The second-order valence-corrected chi connectivity index (χ2v) is 7.58. The molecule has 1 heterocycles. The number of benzene rings is 1. The number of amides is 1. The summed E-state index contributed by atoms with van der Waals surface area (Å²) >= 11 is 0. The van der Waals surface area contributed by atoms with Crippen LogP contribution in [0.4, 0.5) is 0 Å². The van der Waals surface area contributed by atoms with Gasteiger partial charge in [0.2, 0.25) is 10.0 Å². The first-order valence-corrected chi connectivity index (χ1v) is 9.05. The van der Waals surface area contributed by atoms with Crippen LogP contribution >= 0.6 is 0 Å². The van der Waals surface area contributed by atoms with Gasteiger partial charge in [-0.15, -0.1) is 0 Å². The van der Waals surface area contributed by atoms with Gasteiger partial charge in [-0.1, -0.05) is 17.7 Å². The second kappa shape index (κ2) is 6.66. The zero-order valence-electron chi connectivity index (χ0n) is 13.2. The first-order valence-electron chi connectivity index (χ1n) is 7.20. The van der Waals surface area contributed by atoms with Crippen molar-refractivity contribution in [1.29, 1.82) is 0 Å². The van der Waals surface area contributed by atoms with Crippen LogP contribution in [0.2, 0.25) is 0 Å². The van der Waals surface area contributed by atoms with Crippen LogP contribution in [0.5, 0.6) is 5.75 Å². The molecular weight excluding hydrogens is 304 g/mol. The Morgan fingerprint density at radius 1 is 1.18 bits per heavy atom. The van der Waals surface area contributed by atoms with Gasteiger partial charge in [0.1, 0.15) is 5.75 Å². The van der Waals surface area contributed by atoms with Crippen LogP contribution in [0.1, 0.15) is 11.1 Å². The molecule has 6 nitrogen and oxygen atoms in total. The zero-order valence-corrected chi connectivity index (χ0v) is 14.0. The third kappa shape index (κ3) is 4.20. The standard InChI is InChI=1S/C15H22N2O4S/c1-12-4-5-14(13(2)10-12)21-11-15(18)16-6-8-17(9-7-16)22(3,19)20/h4-5,10H,6-9,11H2,1-3H3. The Balaban J connectivity index is 1.86. The van der Waals surface area contributed by atoms with E-state index in [1.54, 1.807) is 4.90 Å². The summed E-state index contributed by atoms with van der Waals surface area (Å²) in [6.45, 7) is 5.41. The smallest absolute Gasteiger partial charge is 0.260 e. The third-order valence-corrected chi connectivity index (χ3v) is 5.05. The normalized spacial score (nSPS) is 16.6. The number of piperazine rings is 1. The summed E-state index contributed by atoms with van der Waals surface area (Å²) < 4.78 is 29.8. The van der Waals surface area contributed by atoms with Crippen LogP contribution in [-0.2, 0) is 14.8 Å². The fourth-order valence-corrected chi connectivity index (χ4v) is 3.29. The maximum atomic E-state index is 12.1. The van der Waals surface area contributed by atoms with Gasteiger partial charge in [-0.05, 0) is 25.5 Å². The number of hydrogen-bond acceptors (Lipinski definition) is 4.